The van der Waals surface area contributed by atoms with Gasteiger partial charge in [-0.15, -0.1) is 0 Å². The zero-order chi connectivity index (χ0) is 18.8. The predicted molar refractivity (Wildman–Crippen MR) is 98.7 cm³/mol. The summed E-state index contributed by atoms with van der Waals surface area (Å²) in [5.41, 5.74) is 0. The maximum Gasteiger partial charge on any atom is 0.330 e. The Labute approximate surface area is 148 Å². The largest absolute Gasteiger partial charge is 0.461 e. The van der Waals surface area contributed by atoms with Crippen molar-refractivity contribution in [3.8, 4) is 0 Å². The van der Waals surface area contributed by atoms with Gasteiger partial charge in [-0.2, -0.15) is 8.42 Å². The first kappa shape index (κ1) is 25.3. The molecule has 0 saturated carbocycles. The Hall–Kier alpha value is -0.920. The molecule has 6 nitrogen and oxygen atoms in total. The molecule has 144 valence electrons. The van der Waals surface area contributed by atoms with Crippen LogP contribution < -0.4 is 0 Å². The van der Waals surface area contributed by atoms with E-state index in [9.17, 15) is 13.2 Å². The third kappa shape index (κ3) is 26.0. The minimum Gasteiger partial charge on any atom is -0.461 e. The Balaban J connectivity index is 0. The highest BCUT2D eigenvalue weighted by atomic mass is 32.2. The second kappa shape index (κ2) is 16.9. The summed E-state index contributed by atoms with van der Waals surface area (Å²) in [5.74, 6) is -0.325. The van der Waals surface area contributed by atoms with Gasteiger partial charge in [0.1, 0.15) is 6.61 Å². The van der Waals surface area contributed by atoms with Gasteiger partial charge in [0.15, 0.2) is 0 Å². The van der Waals surface area contributed by atoms with Crippen LogP contribution in [0.25, 0.3) is 0 Å². The van der Waals surface area contributed by atoms with Gasteiger partial charge in [-0.1, -0.05) is 45.6 Å². The van der Waals surface area contributed by atoms with Gasteiger partial charge in [-0.25, -0.2) is 4.79 Å². The zero-order valence-corrected chi connectivity index (χ0v) is 16.5. The summed E-state index contributed by atoms with van der Waals surface area (Å²) in [4.78, 5) is 13.1. The summed E-state index contributed by atoms with van der Waals surface area (Å²) in [6.45, 7) is 5.38. The van der Waals surface area contributed by atoms with E-state index in [-0.39, 0.29) is 11.7 Å². The molecule has 0 aromatic heterocycles. The molecule has 0 aromatic carbocycles. The maximum absolute atomic E-state index is 11.1. The van der Waals surface area contributed by atoms with Crippen LogP contribution in [-0.4, -0.2) is 56.8 Å². The van der Waals surface area contributed by atoms with Crippen LogP contribution in [0.3, 0.4) is 0 Å². The summed E-state index contributed by atoms with van der Waals surface area (Å²) in [6, 6.07) is 0. The third-order valence-corrected chi connectivity index (χ3v) is 3.82. The lowest BCUT2D eigenvalue weighted by Gasteiger charge is -2.08. The third-order valence-electron chi connectivity index (χ3n) is 3.02. The number of hydrogen-bond acceptors (Lipinski definition) is 5. The molecule has 1 N–H and O–H groups in total. The number of unbranched alkanes of at least 4 members (excludes halogenated alkanes) is 5. The number of esters is 1. The van der Waals surface area contributed by atoms with Crippen LogP contribution in [0.1, 0.15) is 58.8 Å². The van der Waals surface area contributed by atoms with E-state index in [0.717, 1.165) is 32.2 Å². The standard InChI is InChI=1S/C12H23NO2.C5H12O3S/c1-4-5-6-7-8-9-12(14)15-11-10-13(2)3;1-2-3-4-5-9(6,7)8/h8-9H,4-7,10-11H2,1-3H3;2-5H2,1H3,(H,6,7,8). The molecule has 0 aliphatic carbocycles. The van der Waals surface area contributed by atoms with Crippen LogP contribution in [0.5, 0.6) is 0 Å². The molecule has 0 aliphatic rings. The lowest BCUT2D eigenvalue weighted by Crippen LogP contribution is -2.19. The molecule has 0 bridgehead atoms. The second-order valence-corrected chi connectivity index (χ2v) is 7.43. The Morgan fingerprint density at radius 1 is 1.08 bits per heavy atom. The van der Waals surface area contributed by atoms with Gasteiger partial charge in [0.2, 0.25) is 0 Å². The van der Waals surface area contributed by atoms with Gasteiger partial charge in [0.05, 0.1) is 5.75 Å². The van der Waals surface area contributed by atoms with Crippen LogP contribution in [0, 0.1) is 0 Å². The molecule has 0 rings (SSSR count). The summed E-state index contributed by atoms with van der Waals surface area (Å²) >= 11 is 0. The highest BCUT2D eigenvalue weighted by molar-refractivity contribution is 7.85. The van der Waals surface area contributed by atoms with Crippen molar-refractivity contribution in [3.63, 3.8) is 0 Å². The molecule has 0 unspecified atom stereocenters. The van der Waals surface area contributed by atoms with Gasteiger partial charge >= 0.3 is 5.97 Å². The number of likely N-dealkylation sites (N-methyl/N-ethyl adjacent to an activating group) is 1. The normalized spacial score (nSPS) is 11.4. The Kier molecular flexibility index (Phi) is 17.9. The van der Waals surface area contributed by atoms with Gasteiger partial charge < -0.3 is 9.64 Å². The number of allylic oxidation sites excluding steroid dienone is 1. The first-order valence-corrected chi connectivity index (χ1v) is 10.3. The lowest BCUT2D eigenvalue weighted by atomic mass is 10.2. The van der Waals surface area contributed by atoms with E-state index >= 15 is 0 Å². The van der Waals surface area contributed by atoms with Crippen molar-refractivity contribution >= 4 is 16.1 Å². The van der Waals surface area contributed by atoms with Crippen molar-refractivity contribution in [3.05, 3.63) is 12.2 Å². The van der Waals surface area contributed by atoms with Crippen molar-refractivity contribution in [1.82, 2.24) is 4.90 Å². The fraction of sp³-hybridized carbons (Fsp3) is 0.824. The highest BCUT2D eigenvalue weighted by Gasteiger charge is 2.01. The molecule has 0 spiro atoms. The van der Waals surface area contributed by atoms with E-state index in [2.05, 4.69) is 6.92 Å². The first-order chi connectivity index (χ1) is 11.2. The second-order valence-electron chi connectivity index (χ2n) is 5.86. The Bertz CT molecular complexity index is 419. The molecule has 0 atom stereocenters. The van der Waals surface area contributed by atoms with E-state index in [1.165, 1.54) is 18.9 Å². The number of carbonyl (C=O) groups excluding carboxylic acids is 1. The predicted octanol–water partition coefficient (Wildman–Crippen LogP) is 3.29. The summed E-state index contributed by atoms with van der Waals surface area (Å²) in [5, 5.41) is 0. The number of hydrogen-bond donors (Lipinski definition) is 1. The quantitative estimate of drug-likeness (QED) is 0.247. The molecule has 0 aromatic rings. The topological polar surface area (TPSA) is 83.9 Å². The molecule has 0 radical (unpaired) electrons. The summed E-state index contributed by atoms with van der Waals surface area (Å²) in [7, 11) is 0.209. The van der Waals surface area contributed by atoms with E-state index in [0.29, 0.717) is 13.0 Å². The van der Waals surface area contributed by atoms with Crippen molar-refractivity contribution in [2.45, 2.75) is 58.8 Å². The molecule has 24 heavy (non-hydrogen) atoms. The molecule has 7 heteroatoms. The van der Waals surface area contributed by atoms with Crippen molar-refractivity contribution in [1.29, 1.82) is 0 Å². The average Bonchev–Trinajstić information content (AvgIpc) is 2.46. The van der Waals surface area contributed by atoms with Crippen LogP contribution >= 0.6 is 0 Å². The minimum atomic E-state index is -3.70. The molecular formula is C17H35NO5S. The lowest BCUT2D eigenvalue weighted by molar-refractivity contribution is -0.138. The van der Waals surface area contributed by atoms with Crippen molar-refractivity contribution < 1.29 is 22.5 Å². The minimum absolute atomic E-state index is 0.0964. The maximum atomic E-state index is 11.1. The van der Waals surface area contributed by atoms with E-state index in [1.54, 1.807) is 0 Å². The summed E-state index contributed by atoms with van der Waals surface area (Å²) in [6.07, 6.45) is 10.4. The monoisotopic (exact) mass is 365 g/mol. The molecule has 0 saturated heterocycles. The molecule has 0 aliphatic heterocycles. The smallest absolute Gasteiger partial charge is 0.330 e. The number of carbonyl (C=O) groups is 1. The van der Waals surface area contributed by atoms with E-state index in [1.807, 2.05) is 32.0 Å². The molecule has 0 heterocycles. The number of nitrogens with zero attached hydrogens (tertiary/aromatic N) is 1. The Morgan fingerprint density at radius 3 is 2.17 bits per heavy atom. The highest BCUT2D eigenvalue weighted by Crippen LogP contribution is 1.99. The van der Waals surface area contributed by atoms with Crippen LogP contribution in [0.2, 0.25) is 0 Å². The fourth-order valence-corrected chi connectivity index (χ4v) is 2.17. The van der Waals surface area contributed by atoms with Gasteiger partial charge in [-0.05, 0) is 33.4 Å². The van der Waals surface area contributed by atoms with E-state index < -0.39 is 10.1 Å². The van der Waals surface area contributed by atoms with Crippen molar-refractivity contribution in [2.24, 2.45) is 0 Å². The first-order valence-electron chi connectivity index (χ1n) is 8.66. The van der Waals surface area contributed by atoms with E-state index in [4.69, 9.17) is 9.29 Å². The SMILES string of the molecule is CCCCCC=CC(=O)OCCN(C)C.CCCCCS(=O)(=O)O. The number of rotatable bonds is 12. The number of ether oxygens (including phenoxy) is 1. The average molecular weight is 366 g/mol. The summed E-state index contributed by atoms with van der Waals surface area (Å²) < 4.78 is 33.3. The zero-order valence-electron chi connectivity index (χ0n) is 15.7. The fourth-order valence-electron chi connectivity index (χ4n) is 1.60. The van der Waals surface area contributed by atoms with Gasteiger partial charge in [0, 0.05) is 12.6 Å². The Morgan fingerprint density at radius 2 is 1.67 bits per heavy atom. The van der Waals surface area contributed by atoms with Gasteiger partial charge in [-0.3, -0.25) is 4.55 Å². The molecular weight excluding hydrogens is 330 g/mol. The van der Waals surface area contributed by atoms with Crippen LogP contribution in [0.4, 0.5) is 0 Å². The van der Waals surface area contributed by atoms with Crippen molar-refractivity contribution in [2.75, 3.05) is 33.0 Å². The molecule has 0 amide bonds. The van der Waals surface area contributed by atoms with Crippen LogP contribution in [-0.2, 0) is 19.6 Å². The molecule has 0 fully saturated rings. The van der Waals surface area contributed by atoms with Gasteiger partial charge in [0.25, 0.3) is 10.1 Å². The van der Waals surface area contributed by atoms with Crippen LogP contribution in [0.15, 0.2) is 12.2 Å².